The third-order valence-electron chi connectivity index (χ3n) is 5.42. The molecule has 3 rings (SSSR count). The van der Waals surface area contributed by atoms with Crippen molar-refractivity contribution in [2.45, 2.75) is 32.6 Å². The van der Waals surface area contributed by atoms with E-state index in [4.69, 9.17) is 4.74 Å². The molecule has 2 aliphatic rings. The molecular formula is C19H27N3O3. The highest BCUT2D eigenvalue weighted by Crippen LogP contribution is 2.23. The second-order valence-electron chi connectivity index (χ2n) is 7.16. The number of carbonyl (C=O) groups is 2. The molecule has 0 aliphatic carbocycles. The average Bonchev–Trinajstić information content (AvgIpc) is 2.67. The van der Waals surface area contributed by atoms with Crippen molar-refractivity contribution >= 4 is 17.7 Å². The fourth-order valence-corrected chi connectivity index (χ4v) is 3.60. The van der Waals surface area contributed by atoms with E-state index in [-0.39, 0.29) is 17.8 Å². The molecule has 0 radical (unpaired) electrons. The van der Waals surface area contributed by atoms with Gasteiger partial charge in [0.15, 0.2) is 0 Å². The quantitative estimate of drug-likeness (QED) is 0.787. The number of piperidine rings is 2. The van der Waals surface area contributed by atoms with E-state index in [1.807, 2.05) is 17.0 Å². The third kappa shape index (κ3) is 4.11. The molecule has 0 unspecified atom stereocenters. The maximum atomic E-state index is 12.6. The molecule has 25 heavy (non-hydrogen) atoms. The predicted molar refractivity (Wildman–Crippen MR) is 95.5 cm³/mol. The van der Waals surface area contributed by atoms with Gasteiger partial charge < -0.3 is 14.5 Å². The van der Waals surface area contributed by atoms with E-state index in [9.17, 15) is 9.59 Å². The van der Waals surface area contributed by atoms with Gasteiger partial charge >= 0.3 is 5.97 Å². The summed E-state index contributed by atoms with van der Waals surface area (Å²) in [5, 5.41) is 0. The van der Waals surface area contributed by atoms with Crippen LogP contribution in [0.5, 0.6) is 0 Å². The molecule has 1 aromatic rings. The Balaban J connectivity index is 1.57. The fraction of sp³-hybridized carbons (Fsp3) is 0.632. The van der Waals surface area contributed by atoms with Gasteiger partial charge in [0.25, 0.3) is 5.91 Å². The summed E-state index contributed by atoms with van der Waals surface area (Å²) in [7, 11) is 1.44. The molecule has 136 valence electrons. The fourth-order valence-electron chi connectivity index (χ4n) is 3.60. The number of anilines is 1. The van der Waals surface area contributed by atoms with Crippen molar-refractivity contribution in [3.05, 3.63) is 23.9 Å². The minimum atomic E-state index is -0.121. The highest BCUT2D eigenvalue weighted by molar-refractivity contribution is 5.94. The van der Waals surface area contributed by atoms with Gasteiger partial charge in [0, 0.05) is 32.4 Å². The molecule has 2 saturated heterocycles. The van der Waals surface area contributed by atoms with E-state index in [0.717, 1.165) is 57.7 Å². The molecule has 0 aromatic carbocycles. The van der Waals surface area contributed by atoms with E-state index in [1.54, 1.807) is 6.20 Å². The maximum Gasteiger partial charge on any atom is 0.308 e. The largest absolute Gasteiger partial charge is 0.469 e. The van der Waals surface area contributed by atoms with Gasteiger partial charge in [-0.15, -0.1) is 0 Å². The van der Waals surface area contributed by atoms with Gasteiger partial charge in [0.05, 0.1) is 18.6 Å². The molecule has 6 nitrogen and oxygen atoms in total. The lowest BCUT2D eigenvalue weighted by Crippen LogP contribution is -2.38. The highest BCUT2D eigenvalue weighted by Gasteiger charge is 2.26. The summed E-state index contributed by atoms with van der Waals surface area (Å²) in [5.74, 6) is 1.52. The standard InChI is InChI=1S/C19H27N3O3/c1-14-5-9-22(10-6-14)18(23)16-3-4-17(20-13-16)21-11-7-15(8-12-21)19(24)25-2/h3-4,13-15H,5-12H2,1-2H3. The number of hydrogen-bond acceptors (Lipinski definition) is 5. The number of hydrogen-bond donors (Lipinski definition) is 0. The number of rotatable bonds is 3. The van der Waals surface area contributed by atoms with Gasteiger partial charge in [-0.25, -0.2) is 4.98 Å². The van der Waals surface area contributed by atoms with Crippen molar-refractivity contribution in [1.29, 1.82) is 0 Å². The van der Waals surface area contributed by atoms with E-state index in [0.29, 0.717) is 11.5 Å². The average molecular weight is 345 g/mol. The lowest BCUT2D eigenvalue weighted by molar-refractivity contribution is -0.146. The van der Waals surface area contributed by atoms with Gasteiger partial charge in [0.1, 0.15) is 5.82 Å². The third-order valence-corrected chi connectivity index (χ3v) is 5.42. The first kappa shape index (κ1) is 17.7. The van der Waals surface area contributed by atoms with Crippen molar-refractivity contribution in [1.82, 2.24) is 9.88 Å². The van der Waals surface area contributed by atoms with Crippen LogP contribution in [0.4, 0.5) is 5.82 Å². The van der Waals surface area contributed by atoms with Gasteiger partial charge in [-0.05, 0) is 43.7 Å². The number of amides is 1. The summed E-state index contributed by atoms with van der Waals surface area (Å²) < 4.78 is 4.82. The van der Waals surface area contributed by atoms with Crippen LogP contribution in [-0.4, -0.2) is 55.0 Å². The first-order valence-electron chi connectivity index (χ1n) is 9.16. The van der Waals surface area contributed by atoms with Crippen LogP contribution < -0.4 is 4.90 Å². The molecule has 3 heterocycles. The summed E-state index contributed by atoms with van der Waals surface area (Å²) in [6.07, 6.45) is 5.39. The summed E-state index contributed by atoms with van der Waals surface area (Å²) in [6, 6.07) is 3.79. The summed E-state index contributed by atoms with van der Waals surface area (Å²) in [4.78, 5) is 32.7. The first-order valence-corrected chi connectivity index (χ1v) is 9.16. The number of carbonyl (C=O) groups excluding carboxylic acids is 2. The lowest BCUT2D eigenvalue weighted by atomic mass is 9.97. The van der Waals surface area contributed by atoms with Gasteiger partial charge in [-0.3, -0.25) is 9.59 Å². The number of methoxy groups -OCH3 is 1. The minimum Gasteiger partial charge on any atom is -0.469 e. The maximum absolute atomic E-state index is 12.6. The minimum absolute atomic E-state index is 0.0106. The molecule has 2 fully saturated rings. The topological polar surface area (TPSA) is 62.7 Å². The molecule has 0 atom stereocenters. The number of ether oxygens (including phenoxy) is 1. The first-order chi connectivity index (χ1) is 12.1. The monoisotopic (exact) mass is 345 g/mol. The van der Waals surface area contributed by atoms with Gasteiger partial charge in [-0.2, -0.15) is 0 Å². The molecule has 0 saturated carbocycles. The number of esters is 1. The zero-order valence-corrected chi connectivity index (χ0v) is 15.1. The van der Waals surface area contributed by atoms with Crippen LogP contribution in [0, 0.1) is 11.8 Å². The predicted octanol–water partition coefficient (Wildman–Crippen LogP) is 2.34. The van der Waals surface area contributed by atoms with Crippen LogP contribution in [-0.2, 0) is 9.53 Å². The SMILES string of the molecule is COC(=O)C1CCN(c2ccc(C(=O)N3CCC(C)CC3)cn2)CC1. The Kier molecular flexibility index (Phi) is 5.56. The number of aromatic nitrogens is 1. The van der Waals surface area contributed by atoms with Crippen molar-refractivity contribution in [3.8, 4) is 0 Å². The second kappa shape index (κ2) is 7.85. The number of nitrogens with zero attached hydrogens (tertiary/aromatic N) is 3. The lowest BCUT2D eigenvalue weighted by Gasteiger charge is -2.32. The van der Waals surface area contributed by atoms with Crippen LogP contribution in [0.25, 0.3) is 0 Å². The Morgan fingerprint density at radius 1 is 1.08 bits per heavy atom. The van der Waals surface area contributed by atoms with Crippen molar-refractivity contribution < 1.29 is 14.3 Å². The Morgan fingerprint density at radius 3 is 2.32 bits per heavy atom. The van der Waals surface area contributed by atoms with E-state index >= 15 is 0 Å². The van der Waals surface area contributed by atoms with Crippen LogP contribution >= 0.6 is 0 Å². The van der Waals surface area contributed by atoms with Crippen molar-refractivity contribution in [2.75, 3.05) is 38.2 Å². The number of likely N-dealkylation sites (tertiary alicyclic amines) is 1. The second-order valence-corrected chi connectivity index (χ2v) is 7.16. The summed E-state index contributed by atoms with van der Waals surface area (Å²) in [6.45, 7) is 5.47. The molecule has 0 N–H and O–H groups in total. The normalized spacial score (nSPS) is 19.8. The molecule has 1 amide bonds. The van der Waals surface area contributed by atoms with E-state index in [2.05, 4.69) is 16.8 Å². The zero-order valence-electron chi connectivity index (χ0n) is 15.1. The Bertz CT molecular complexity index is 601. The summed E-state index contributed by atoms with van der Waals surface area (Å²) >= 11 is 0. The molecular weight excluding hydrogens is 318 g/mol. The smallest absolute Gasteiger partial charge is 0.308 e. The van der Waals surface area contributed by atoms with Gasteiger partial charge in [-0.1, -0.05) is 6.92 Å². The molecule has 2 aliphatic heterocycles. The Labute approximate surface area is 149 Å². The number of pyridine rings is 1. The van der Waals surface area contributed by atoms with E-state index in [1.165, 1.54) is 7.11 Å². The molecule has 0 spiro atoms. The van der Waals surface area contributed by atoms with Crippen LogP contribution in [0.1, 0.15) is 43.0 Å². The Morgan fingerprint density at radius 2 is 1.76 bits per heavy atom. The van der Waals surface area contributed by atoms with Gasteiger partial charge in [0.2, 0.25) is 0 Å². The van der Waals surface area contributed by atoms with Crippen molar-refractivity contribution in [3.63, 3.8) is 0 Å². The Hall–Kier alpha value is -2.11. The van der Waals surface area contributed by atoms with Crippen LogP contribution in [0.15, 0.2) is 18.3 Å². The van der Waals surface area contributed by atoms with Crippen molar-refractivity contribution in [2.24, 2.45) is 11.8 Å². The van der Waals surface area contributed by atoms with E-state index < -0.39 is 0 Å². The molecule has 0 bridgehead atoms. The van der Waals surface area contributed by atoms with Crippen LogP contribution in [0.3, 0.4) is 0 Å². The molecule has 6 heteroatoms. The summed E-state index contributed by atoms with van der Waals surface area (Å²) in [5.41, 5.74) is 0.655. The zero-order chi connectivity index (χ0) is 17.8. The molecule has 1 aromatic heterocycles. The highest BCUT2D eigenvalue weighted by atomic mass is 16.5. The van der Waals surface area contributed by atoms with Crippen LogP contribution in [0.2, 0.25) is 0 Å².